The van der Waals surface area contributed by atoms with E-state index in [1.165, 1.54) is 28.8 Å². The smallest absolute Gasteiger partial charge is 0.411 e. The lowest BCUT2D eigenvalue weighted by Gasteiger charge is -2.07. The van der Waals surface area contributed by atoms with Crippen LogP contribution in [0, 0.1) is 23.5 Å². The van der Waals surface area contributed by atoms with Crippen LogP contribution in [-0.4, -0.2) is 67.7 Å². The van der Waals surface area contributed by atoms with Gasteiger partial charge in [0.2, 0.25) is 5.82 Å². The SMILES string of the molecule is O=c1onc(-c2nonc2CC2CCOC2)n1-c1ccc(F)c(Br)c1.ON=C(Cc1ccc(F)c(Br)c1)c1nonc1CC1CCOC1. The number of nitrogens with zero attached hydrogens (tertiary/aromatic N) is 7. The fourth-order valence-electron chi connectivity index (χ4n) is 5.37. The second-order valence-corrected chi connectivity index (χ2v) is 12.9. The molecule has 2 aliphatic heterocycles. The molecule has 2 aromatic carbocycles. The largest absolute Gasteiger partial charge is 0.446 e. The monoisotopic (exact) mass is 793 g/mol. The predicted octanol–water partition coefficient (Wildman–Crippen LogP) is 5.33. The van der Waals surface area contributed by atoms with Gasteiger partial charge in [0, 0.05) is 45.7 Å². The van der Waals surface area contributed by atoms with Crippen LogP contribution in [0.2, 0.25) is 0 Å². The molecular formula is C30H27Br2F2N7O7. The molecule has 0 radical (unpaired) electrons. The first-order valence-electron chi connectivity index (χ1n) is 14.8. The summed E-state index contributed by atoms with van der Waals surface area (Å²) in [5, 5.41) is 32.0. The molecule has 14 nitrogen and oxygen atoms in total. The van der Waals surface area contributed by atoms with Crippen molar-refractivity contribution in [2.24, 2.45) is 17.0 Å². The highest BCUT2D eigenvalue weighted by Gasteiger charge is 2.27. The van der Waals surface area contributed by atoms with Crippen molar-refractivity contribution < 1.29 is 37.2 Å². The molecular weight excluding hydrogens is 768 g/mol. The zero-order valence-corrected chi connectivity index (χ0v) is 28.2. The molecule has 5 aromatic rings. The van der Waals surface area contributed by atoms with E-state index in [0.29, 0.717) is 83.1 Å². The van der Waals surface area contributed by atoms with Gasteiger partial charge in [0.25, 0.3) is 0 Å². The third-order valence-corrected chi connectivity index (χ3v) is 9.07. The maximum Gasteiger partial charge on any atom is 0.446 e. The zero-order valence-electron chi connectivity index (χ0n) is 25.0. The average molecular weight is 795 g/mol. The van der Waals surface area contributed by atoms with Crippen molar-refractivity contribution in [3.63, 3.8) is 0 Å². The highest BCUT2D eigenvalue weighted by Crippen LogP contribution is 2.27. The normalized spacial score (nSPS) is 17.9. The van der Waals surface area contributed by atoms with Gasteiger partial charge in [-0.25, -0.2) is 27.4 Å². The minimum Gasteiger partial charge on any atom is -0.411 e. The van der Waals surface area contributed by atoms with E-state index in [-0.39, 0.29) is 22.5 Å². The van der Waals surface area contributed by atoms with E-state index in [0.717, 1.165) is 25.0 Å². The molecule has 3 aromatic heterocycles. The van der Waals surface area contributed by atoms with E-state index in [2.05, 4.69) is 62.8 Å². The van der Waals surface area contributed by atoms with Crippen LogP contribution in [0.25, 0.3) is 17.2 Å². The molecule has 252 valence electrons. The van der Waals surface area contributed by atoms with E-state index < -0.39 is 11.6 Å². The summed E-state index contributed by atoms with van der Waals surface area (Å²) in [5.74, 6) is -0.690. The summed E-state index contributed by atoms with van der Waals surface area (Å²) in [6.07, 6.45) is 3.42. The molecule has 2 fully saturated rings. The van der Waals surface area contributed by atoms with E-state index in [1.54, 1.807) is 12.1 Å². The van der Waals surface area contributed by atoms with Gasteiger partial charge in [-0.2, -0.15) is 0 Å². The Morgan fingerprint density at radius 1 is 0.875 bits per heavy atom. The van der Waals surface area contributed by atoms with Crippen LogP contribution < -0.4 is 5.76 Å². The summed E-state index contributed by atoms with van der Waals surface area (Å²) >= 11 is 6.24. The van der Waals surface area contributed by atoms with Crippen LogP contribution in [0.4, 0.5) is 8.78 Å². The Labute approximate surface area is 287 Å². The van der Waals surface area contributed by atoms with Gasteiger partial charge < -0.3 is 14.7 Å². The minimum atomic E-state index is -0.716. The van der Waals surface area contributed by atoms with E-state index in [1.807, 2.05) is 0 Å². The highest BCUT2D eigenvalue weighted by atomic mass is 79.9. The summed E-state index contributed by atoms with van der Waals surface area (Å²) in [6, 6.07) is 8.75. The van der Waals surface area contributed by atoms with E-state index in [9.17, 15) is 18.8 Å². The Hall–Kier alpha value is -4.13. The summed E-state index contributed by atoms with van der Waals surface area (Å²) < 4.78 is 53.7. The lowest BCUT2D eigenvalue weighted by molar-refractivity contribution is 0.185. The van der Waals surface area contributed by atoms with Crippen LogP contribution in [0.5, 0.6) is 0 Å². The molecule has 7 rings (SSSR count). The van der Waals surface area contributed by atoms with E-state index in [4.69, 9.17) is 23.3 Å². The lowest BCUT2D eigenvalue weighted by atomic mass is 9.98. The molecule has 5 heterocycles. The second kappa shape index (κ2) is 15.4. The first-order valence-corrected chi connectivity index (χ1v) is 16.4. The van der Waals surface area contributed by atoms with Crippen molar-refractivity contribution in [1.29, 1.82) is 0 Å². The molecule has 2 unspecified atom stereocenters. The highest BCUT2D eigenvalue weighted by molar-refractivity contribution is 9.10. The summed E-state index contributed by atoms with van der Waals surface area (Å²) in [6.45, 7) is 2.78. The minimum absolute atomic E-state index is 0.152. The number of aromatic nitrogens is 6. The van der Waals surface area contributed by atoms with Crippen LogP contribution in [0.3, 0.4) is 0 Å². The van der Waals surface area contributed by atoms with Gasteiger partial charge in [-0.05, 0) is 103 Å². The molecule has 18 heteroatoms. The topological polar surface area (TPSA) is 177 Å². The molecule has 0 saturated carbocycles. The summed E-state index contributed by atoms with van der Waals surface area (Å²) in [5.41, 5.74) is 3.46. The van der Waals surface area contributed by atoms with Gasteiger partial charge in [-0.3, -0.25) is 4.52 Å². The Balaban J connectivity index is 0.000000168. The van der Waals surface area contributed by atoms with Crippen molar-refractivity contribution in [2.45, 2.75) is 32.1 Å². The van der Waals surface area contributed by atoms with Crippen LogP contribution in [0.1, 0.15) is 35.5 Å². The lowest BCUT2D eigenvalue weighted by Crippen LogP contribution is -2.14. The van der Waals surface area contributed by atoms with Crippen molar-refractivity contribution >= 4 is 37.6 Å². The fraction of sp³-hybridized carbons (Fsp3) is 0.367. The maximum absolute atomic E-state index is 13.5. The van der Waals surface area contributed by atoms with Gasteiger partial charge in [-0.15, -0.1) is 0 Å². The number of ether oxygens (including phenoxy) is 2. The second-order valence-electron chi connectivity index (χ2n) is 11.2. The van der Waals surface area contributed by atoms with Gasteiger partial charge in [0.05, 0.1) is 14.6 Å². The Morgan fingerprint density at radius 2 is 1.52 bits per heavy atom. The third-order valence-electron chi connectivity index (χ3n) is 7.85. The zero-order chi connectivity index (χ0) is 33.6. The number of oxime groups is 1. The number of rotatable bonds is 9. The molecule has 0 amide bonds. The van der Waals surface area contributed by atoms with E-state index >= 15 is 0 Å². The average Bonchev–Trinajstić information content (AvgIpc) is 3.93. The van der Waals surface area contributed by atoms with Gasteiger partial charge in [0.15, 0.2) is 11.4 Å². The maximum atomic E-state index is 13.5. The third kappa shape index (κ3) is 7.77. The van der Waals surface area contributed by atoms with Crippen molar-refractivity contribution in [3.8, 4) is 17.2 Å². The van der Waals surface area contributed by atoms with Crippen LogP contribution in [-0.2, 0) is 28.7 Å². The molecule has 2 atom stereocenters. The van der Waals surface area contributed by atoms with Crippen molar-refractivity contribution in [3.05, 3.63) is 90.2 Å². The Bertz CT molecular complexity index is 1950. The summed E-state index contributed by atoms with van der Waals surface area (Å²) in [7, 11) is 0. The van der Waals surface area contributed by atoms with Crippen LogP contribution in [0.15, 0.2) is 69.1 Å². The molecule has 2 saturated heterocycles. The van der Waals surface area contributed by atoms with Gasteiger partial charge >= 0.3 is 5.76 Å². The van der Waals surface area contributed by atoms with Crippen molar-refractivity contribution in [2.75, 3.05) is 26.4 Å². The first kappa shape index (κ1) is 33.8. The van der Waals surface area contributed by atoms with Gasteiger partial charge in [-0.1, -0.05) is 26.7 Å². The predicted molar refractivity (Wildman–Crippen MR) is 169 cm³/mol. The number of halogens is 4. The summed E-state index contributed by atoms with van der Waals surface area (Å²) in [4.78, 5) is 12.1. The van der Waals surface area contributed by atoms with Crippen molar-refractivity contribution in [1.82, 2.24) is 30.4 Å². The first-order chi connectivity index (χ1) is 23.3. The number of benzene rings is 2. The standard InChI is InChI=1S/C15H12BrFN4O4.C15H15BrFN3O3/c16-10-6-9(1-2-11(10)17)21-14(20-24-15(21)22)13-12(18-25-19-13)5-8-3-4-23-7-8;16-11-5-9(1-2-12(11)17)6-13(18-21)15-14(19-23-20-15)7-10-3-4-22-8-10/h1-2,6,8H,3-5,7H2;1-2,5,10,21H,3-4,6-8H2. The fourth-order valence-corrected chi connectivity index (χ4v) is 6.16. The Morgan fingerprint density at radius 3 is 2.17 bits per heavy atom. The molecule has 0 bridgehead atoms. The molecule has 48 heavy (non-hydrogen) atoms. The molecule has 0 aliphatic carbocycles. The molecule has 2 aliphatic rings. The Kier molecular flexibility index (Phi) is 10.8. The van der Waals surface area contributed by atoms with Crippen LogP contribution >= 0.6 is 31.9 Å². The molecule has 0 spiro atoms. The molecule has 1 N–H and O–H groups in total. The number of hydrogen-bond acceptors (Lipinski definition) is 13. The quantitative estimate of drug-likeness (QED) is 0.116. The van der Waals surface area contributed by atoms with Gasteiger partial charge in [0.1, 0.15) is 28.7 Å². The number of hydrogen-bond donors (Lipinski definition) is 1.